The first kappa shape index (κ1) is 13.6. The molecule has 0 unspecified atom stereocenters. The van der Waals surface area contributed by atoms with Gasteiger partial charge in [0, 0.05) is 17.4 Å². The van der Waals surface area contributed by atoms with Gasteiger partial charge in [0.2, 0.25) is 0 Å². The molecule has 19 heavy (non-hydrogen) atoms. The first-order valence-corrected chi connectivity index (χ1v) is 6.40. The molecule has 0 spiro atoms. The van der Waals surface area contributed by atoms with E-state index in [-0.39, 0.29) is 12.2 Å². The van der Waals surface area contributed by atoms with E-state index in [9.17, 15) is 9.59 Å². The molecule has 0 heterocycles. The van der Waals surface area contributed by atoms with Crippen molar-refractivity contribution < 1.29 is 19.4 Å². The van der Waals surface area contributed by atoms with Crippen molar-refractivity contribution in [3.05, 3.63) is 29.3 Å². The van der Waals surface area contributed by atoms with Crippen LogP contribution in [0.3, 0.4) is 0 Å². The van der Waals surface area contributed by atoms with Crippen molar-refractivity contribution >= 4 is 11.8 Å². The van der Waals surface area contributed by atoms with E-state index in [0.717, 1.165) is 17.7 Å². The number of hydrogen-bond donors (Lipinski definition) is 1. The summed E-state index contributed by atoms with van der Waals surface area (Å²) in [4.78, 5) is 23.2. The summed E-state index contributed by atoms with van der Waals surface area (Å²) in [7, 11) is 1.60. The molecule has 1 N–H and O–H groups in total. The summed E-state index contributed by atoms with van der Waals surface area (Å²) in [6, 6.07) is 5.46. The van der Waals surface area contributed by atoms with Gasteiger partial charge in [0.1, 0.15) is 5.75 Å². The number of hydrogen-bond acceptors (Lipinski definition) is 3. The molecule has 1 aliphatic carbocycles. The van der Waals surface area contributed by atoms with Crippen LogP contribution in [0.1, 0.15) is 42.1 Å². The Morgan fingerprint density at radius 3 is 2.84 bits per heavy atom. The van der Waals surface area contributed by atoms with Gasteiger partial charge < -0.3 is 9.84 Å². The van der Waals surface area contributed by atoms with Crippen molar-refractivity contribution in [3.63, 3.8) is 0 Å². The van der Waals surface area contributed by atoms with Gasteiger partial charge in [0.05, 0.1) is 7.11 Å². The maximum atomic E-state index is 12.5. The monoisotopic (exact) mass is 262 g/mol. The average Bonchev–Trinajstić information content (AvgIpc) is 2.41. The van der Waals surface area contributed by atoms with E-state index in [1.165, 1.54) is 0 Å². The van der Waals surface area contributed by atoms with E-state index in [4.69, 9.17) is 9.84 Å². The zero-order valence-electron chi connectivity index (χ0n) is 11.2. The zero-order valence-corrected chi connectivity index (χ0v) is 11.2. The molecule has 0 saturated carbocycles. The van der Waals surface area contributed by atoms with Crippen LogP contribution in [-0.4, -0.2) is 24.0 Å². The molecule has 1 aliphatic rings. The lowest BCUT2D eigenvalue weighted by Crippen LogP contribution is -2.33. The normalized spacial score (nSPS) is 21.9. The molecule has 0 aliphatic heterocycles. The molecule has 4 nitrogen and oxygen atoms in total. The van der Waals surface area contributed by atoms with Crippen molar-refractivity contribution in [2.75, 3.05) is 7.11 Å². The molecule has 1 atom stereocenters. The Morgan fingerprint density at radius 2 is 2.21 bits per heavy atom. The highest BCUT2D eigenvalue weighted by Crippen LogP contribution is 2.39. The van der Waals surface area contributed by atoms with Crippen molar-refractivity contribution in [2.45, 2.75) is 32.6 Å². The van der Waals surface area contributed by atoms with Gasteiger partial charge in [-0.2, -0.15) is 0 Å². The van der Waals surface area contributed by atoms with Crippen LogP contribution in [0.2, 0.25) is 0 Å². The fourth-order valence-corrected chi connectivity index (χ4v) is 2.60. The SMILES string of the molecule is COc1ccc2c(c1)CC[C@@](C)(CCC(=O)O)C2=O. The van der Waals surface area contributed by atoms with Gasteiger partial charge >= 0.3 is 5.97 Å². The van der Waals surface area contributed by atoms with Crippen molar-refractivity contribution in [1.29, 1.82) is 0 Å². The predicted molar refractivity (Wildman–Crippen MR) is 70.6 cm³/mol. The lowest BCUT2D eigenvalue weighted by atomic mass is 9.69. The first-order valence-electron chi connectivity index (χ1n) is 6.40. The second-order valence-electron chi connectivity index (χ2n) is 5.31. The predicted octanol–water partition coefficient (Wildman–Crippen LogP) is 2.70. The summed E-state index contributed by atoms with van der Waals surface area (Å²) < 4.78 is 5.16. The lowest BCUT2D eigenvalue weighted by Gasteiger charge is -2.33. The second-order valence-corrected chi connectivity index (χ2v) is 5.31. The minimum atomic E-state index is -0.852. The molecule has 0 saturated heterocycles. The highest BCUT2D eigenvalue weighted by molar-refractivity contribution is 6.02. The number of aliphatic carboxylic acids is 1. The number of benzene rings is 1. The van der Waals surface area contributed by atoms with Crippen LogP contribution >= 0.6 is 0 Å². The third-order valence-electron chi connectivity index (χ3n) is 3.94. The average molecular weight is 262 g/mol. The van der Waals surface area contributed by atoms with Crippen LogP contribution in [-0.2, 0) is 11.2 Å². The van der Waals surface area contributed by atoms with Crippen molar-refractivity contribution in [3.8, 4) is 5.75 Å². The number of methoxy groups -OCH3 is 1. The molecular weight excluding hydrogens is 244 g/mol. The second kappa shape index (κ2) is 5.03. The maximum Gasteiger partial charge on any atom is 0.303 e. The van der Waals surface area contributed by atoms with Crippen LogP contribution in [0.4, 0.5) is 0 Å². The molecule has 0 aromatic heterocycles. The van der Waals surface area contributed by atoms with Gasteiger partial charge in [-0.3, -0.25) is 9.59 Å². The van der Waals surface area contributed by atoms with E-state index >= 15 is 0 Å². The van der Waals surface area contributed by atoms with Crippen LogP contribution < -0.4 is 4.74 Å². The van der Waals surface area contributed by atoms with E-state index < -0.39 is 11.4 Å². The molecule has 0 radical (unpaired) electrons. The Hall–Kier alpha value is -1.84. The summed E-state index contributed by atoms with van der Waals surface area (Å²) in [6.45, 7) is 1.87. The lowest BCUT2D eigenvalue weighted by molar-refractivity contribution is -0.137. The Balaban J connectivity index is 2.26. The Morgan fingerprint density at radius 1 is 1.47 bits per heavy atom. The topological polar surface area (TPSA) is 63.6 Å². The van der Waals surface area contributed by atoms with E-state index in [1.807, 2.05) is 13.0 Å². The molecule has 2 rings (SSSR count). The highest BCUT2D eigenvalue weighted by atomic mass is 16.5. The number of carboxylic acids is 1. The molecule has 0 bridgehead atoms. The Labute approximate surface area is 112 Å². The number of carboxylic acid groups (broad SMARTS) is 1. The van der Waals surface area contributed by atoms with Crippen molar-refractivity contribution in [2.24, 2.45) is 5.41 Å². The highest BCUT2D eigenvalue weighted by Gasteiger charge is 2.38. The molecule has 0 amide bonds. The molecule has 1 aromatic carbocycles. The number of rotatable bonds is 4. The van der Waals surface area contributed by atoms with Crippen molar-refractivity contribution in [1.82, 2.24) is 0 Å². The number of ether oxygens (including phenoxy) is 1. The summed E-state index contributed by atoms with van der Waals surface area (Å²) in [5, 5.41) is 8.78. The summed E-state index contributed by atoms with van der Waals surface area (Å²) in [5.74, 6) is -0.0482. The maximum absolute atomic E-state index is 12.5. The largest absolute Gasteiger partial charge is 0.497 e. The summed E-state index contributed by atoms with van der Waals surface area (Å²) >= 11 is 0. The Bertz CT molecular complexity index is 521. The fourth-order valence-electron chi connectivity index (χ4n) is 2.60. The number of carbonyl (C=O) groups is 2. The molecule has 4 heteroatoms. The van der Waals surface area contributed by atoms with E-state index in [1.54, 1.807) is 19.2 Å². The van der Waals surface area contributed by atoms with Crippen LogP contribution in [0.25, 0.3) is 0 Å². The van der Waals surface area contributed by atoms with E-state index in [2.05, 4.69) is 0 Å². The standard InChI is InChI=1S/C15H18O4/c1-15(8-6-13(16)17)7-5-10-9-11(19-2)3-4-12(10)14(15)18/h3-4,9H,5-8H2,1-2H3,(H,16,17)/t15-/m0/s1. The van der Waals surface area contributed by atoms with Gasteiger partial charge in [0.25, 0.3) is 0 Å². The van der Waals surface area contributed by atoms with Gasteiger partial charge in [-0.15, -0.1) is 0 Å². The number of aryl methyl sites for hydroxylation is 1. The fraction of sp³-hybridized carbons (Fsp3) is 0.467. The van der Waals surface area contributed by atoms with E-state index in [0.29, 0.717) is 18.4 Å². The van der Waals surface area contributed by atoms with Gasteiger partial charge in [-0.1, -0.05) is 6.92 Å². The smallest absolute Gasteiger partial charge is 0.303 e. The minimum absolute atomic E-state index is 0.0354. The molecular formula is C15H18O4. The molecule has 0 fully saturated rings. The molecule has 1 aromatic rings. The summed E-state index contributed by atoms with van der Waals surface area (Å²) in [6.07, 6.45) is 1.91. The zero-order chi connectivity index (χ0) is 14.0. The molecule has 102 valence electrons. The quantitative estimate of drug-likeness (QED) is 0.906. The first-order chi connectivity index (χ1) is 8.96. The van der Waals surface area contributed by atoms with Crippen LogP contribution in [0, 0.1) is 5.41 Å². The Kier molecular flexibility index (Phi) is 3.60. The van der Waals surface area contributed by atoms with Gasteiger partial charge in [-0.05, 0) is 43.0 Å². The third kappa shape index (κ3) is 2.62. The minimum Gasteiger partial charge on any atom is -0.497 e. The third-order valence-corrected chi connectivity index (χ3v) is 3.94. The van der Waals surface area contributed by atoms with Gasteiger partial charge in [-0.25, -0.2) is 0 Å². The number of carbonyl (C=O) groups excluding carboxylic acids is 1. The van der Waals surface area contributed by atoms with Gasteiger partial charge in [0.15, 0.2) is 5.78 Å². The van der Waals surface area contributed by atoms with Crippen LogP contribution in [0.5, 0.6) is 5.75 Å². The summed E-state index contributed by atoms with van der Waals surface area (Å²) in [5.41, 5.74) is 1.15. The van der Waals surface area contributed by atoms with Crippen LogP contribution in [0.15, 0.2) is 18.2 Å². The number of fused-ring (bicyclic) bond motifs is 1. The number of Topliss-reactive ketones (excluding diaryl/α,β-unsaturated/α-hetero) is 1. The number of ketones is 1.